The first-order valence-corrected chi connectivity index (χ1v) is 11.0. The molecule has 2 aliphatic rings. The Bertz CT molecular complexity index is 1060. The lowest BCUT2D eigenvalue weighted by molar-refractivity contribution is 0.194. The van der Waals surface area contributed by atoms with Crippen molar-refractivity contribution in [3.8, 4) is 0 Å². The molecule has 0 saturated carbocycles. The average molecular weight is 437 g/mol. The van der Waals surface area contributed by atoms with Crippen LogP contribution in [-0.4, -0.2) is 70.5 Å². The Morgan fingerprint density at radius 3 is 2.78 bits per heavy atom. The van der Waals surface area contributed by atoms with E-state index in [1.807, 2.05) is 18.3 Å². The Kier molecular flexibility index (Phi) is 5.97. The second-order valence-electron chi connectivity index (χ2n) is 8.17. The predicted octanol–water partition coefficient (Wildman–Crippen LogP) is 1.83. The summed E-state index contributed by atoms with van der Waals surface area (Å²) in [6, 6.07) is 5.99. The predicted molar refractivity (Wildman–Crippen MR) is 123 cm³/mol. The molecule has 4 N–H and O–H groups in total. The zero-order valence-electron chi connectivity index (χ0n) is 18.1. The first-order valence-electron chi connectivity index (χ1n) is 11.0. The van der Waals surface area contributed by atoms with Gasteiger partial charge in [-0.3, -0.25) is 0 Å². The fourth-order valence-electron chi connectivity index (χ4n) is 3.96. The van der Waals surface area contributed by atoms with E-state index < -0.39 is 6.10 Å². The Morgan fingerprint density at radius 2 is 2.06 bits per heavy atom. The second-order valence-corrected chi connectivity index (χ2v) is 8.17. The van der Waals surface area contributed by atoms with Gasteiger partial charge < -0.3 is 30.7 Å². The van der Waals surface area contributed by atoms with Crippen LogP contribution in [0, 0.1) is 0 Å². The molecule has 2 fully saturated rings. The molecule has 2 atom stereocenters. The molecule has 2 unspecified atom stereocenters. The minimum absolute atomic E-state index is 0.167. The van der Waals surface area contributed by atoms with E-state index in [2.05, 4.69) is 41.9 Å². The summed E-state index contributed by atoms with van der Waals surface area (Å²) in [4.78, 5) is 20.6. The highest BCUT2D eigenvalue weighted by Crippen LogP contribution is 2.26. The highest BCUT2D eigenvalue weighted by Gasteiger charge is 2.19. The van der Waals surface area contributed by atoms with E-state index in [4.69, 9.17) is 9.72 Å². The number of piperazine rings is 1. The number of hydrogen-bond acceptors (Lipinski definition) is 10. The van der Waals surface area contributed by atoms with Crippen LogP contribution in [0.4, 0.5) is 23.3 Å². The molecule has 10 nitrogen and oxygen atoms in total. The zero-order chi connectivity index (χ0) is 21.9. The van der Waals surface area contributed by atoms with Crippen molar-refractivity contribution in [3.05, 3.63) is 36.3 Å². The van der Waals surface area contributed by atoms with Gasteiger partial charge in [0.1, 0.15) is 11.3 Å². The van der Waals surface area contributed by atoms with Crippen molar-refractivity contribution in [1.29, 1.82) is 0 Å². The van der Waals surface area contributed by atoms with Crippen molar-refractivity contribution in [2.75, 3.05) is 54.9 Å². The summed E-state index contributed by atoms with van der Waals surface area (Å²) in [6.07, 6.45) is 3.83. The largest absolute Gasteiger partial charge is 0.387 e. The summed E-state index contributed by atoms with van der Waals surface area (Å²) in [5.41, 5.74) is 2.38. The quantitative estimate of drug-likeness (QED) is 0.455. The van der Waals surface area contributed by atoms with E-state index in [1.54, 1.807) is 13.1 Å². The summed E-state index contributed by atoms with van der Waals surface area (Å²) in [6.45, 7) is 6.98. The summed E-state index contributed by atoms with van der Waals surface area (Å²) >= 11 is 0. The summed E-state index contributed by atoms with van der Waals surface area (Å²) in [5.74, 6) is 1.74. The van der Waals surface area contributed by atoms with Crippen LogP contribution < -0.4 is 20.9 Å². The van der Waals surface area contributed by atoms with Crippen molar-refractivity contribution < 1.29 is 9.84 Å². The van der Waals surface area contributed by atoms with Gasteiger partial charge in [-0.1, -0.05) is 0 Å². The van der Waals surface area contributed by atoms with E-state index in [0.717, 1.165) is 50.3 Å². The monoisotopic (exact) mass is 436 g/mol. The molecule has 3 aromatic heterocycles. The maximum atomic E-state index is 10.1. The van der Waals surface area contributed by atoms with Crippen LogP contribution in [0.25, 0.3) is 10.9 Å². The lowest BCUT2D eigenvalue weighted by Gasteiger charge is -2.29. The van der Waals surface area contributed by atoms with Gasteiger partial charge in [0.25, 0.3) is 0 Å². The molecule has 32 heavy (non-hydrogen) atoms. The smallest absolute Gasteiger partial charge is 0.229 e. The van der Waals surface area contributed by atoms with Gasteiger partial charge in [-0.2, -0.15) is 0 Å². The number of pyridine rings is 2. The molecule has 2 aliphatic heterocycles. The van der Waals surface area contributed by atoms with Crippen molar-refractivity contribution >= 4 is 34.2 Å². The Labute approximate surface area is 186 Å². The average Bonchev–Trinajstić information content (AvgIpc) is 3.33. The van der Waals surface area contributed by atoms with Gasteiger partial charge in [-0.05, 0) is 31.5 Å². The van der Waals surface area contributed by atoms with E-state index in [0.29, 0.717) is 35.4 Å². The van der Waals surface area contributed by atoms with Crippen LogP contribution in [0.15, 0.2) is 30.6 Å². The number of ether oxygens (including phenoxy) is 1. The number of fused-ring (bicyclic) bond motifs is 1. The number of anilines is 4. The molecule has 3 aromatic rings. The molecule has 2 saturated heterocycles. The minimum Gasteiger partial charge on any atom is -0.387 e. The molecule has 5 rings (SSSR count). The second kappa shape index (κ2) is 9.19. The van der Waals surface area contributed by atoms with Crippen LogP contribution >= 0.6 is 0 Å². The van der Waals surface area contributed by atoms with E-state index in [1.165, 1.54) is 0 Å². The summed E-state index contributed by atoms with van der Waals surface area (Å²) in [7, 11) is 0. The Hall–Kier alpha value is -3.08. The van der Waals surface area contributed by atoms with Gasteiger partial charge in [0.2, 0.25) is 5.95 Å². The highest BCUT2D eigenvalue weighted by molar-refractivity contribution is 5.89. The molecule has 0 spiro atoms. The van der Waals surface area contributed by atoms with Gasteiger partial charge in [-0.15, -0.1) is 0 Å². The molecule has 0 amide bonds. The van der Waals surface area contributed by atoms with E-state index in [-0.39, 0.29) is 6.04 Å². The first kappa shape index (κ1) is 20.8. The van der Waals surface area contributed by atoms with Crippen LogP contribution in [0.3, 0.4) is 0 Å². The lowest BCUT2D eigenvalue weighted by Crippen LogP contribution is -2.43. The minimum atomic E-state index is -0.684. The number of rotatable bonds is 6. The van der Waals surface area contributed by atoms with Crippen LogP contribution in [-0.2, 0) is 4.74 Å². The van der Waals surface area contributed by atoms with Crippen molar-refractivity contribution in [1.82, 2.24) is 25.3 Å². The third-order valence-corrected chi connectivity index (χ3v) is 5.75. The number of aromatic nitrogens is 4. The van der Waals surface area contributed by atoms with Crippen molar-refractivity contribution in [2.24, 2.45) is 0 Å². The third kappa shape index (κ3) is 4.57. The number of aliphatic hydroxyl groups is 1. The maximum absolute atomic E-state index is 10.1. The molecule has 5 heterocycles. The molecular formula is C22H28N8O2. The molecular weight excluding hydrogens is 408 g/mol. The van der Waals surface area contributed by atoms with Crippen LogP contribution in [0.1, 0.15) is 25.1 Å². The van der Waals surface area contributed by atoms with Crippen molar-refractivity contribution in [3.63, 3.8) is 0 Å². The zero-order valence-corrected chi connectivity index (χ0v) is 18.1. The topological polar surface area (TPSA) is 120 Å². The normalized spacial score (nSPS) is 19.8. The van der Waals surface area contributed by atoms with Crippen LogP contribution in [0.2, 0.25) is 0 Å². The summed E-state index contributed by atoms with van der Waals surface area (Å²) in [5, 5.41) is 20.8. The number of nitrogens with one attached hydrogen (secondary N) is 3. The molecule has 0 radical (unpaired) electrons. The Balaban J connectivity index is 1.39. The molecule has 0 aliphatic carbocycles. The number of hydrogen-bond donors (Lipinski definition) is 4. The molecule has 168 valence electrons. The number of nitrogens with zero attached hydrogens (tertiary/aromatic N) is 5. The fourth-order valence-corrected chi connectivity index (χ4v) is 3.96. The highest BCUT2D eigenvalue weighted by atomic mass is 16.5. The first-order chi connectivity index (χ1) is 15.7. The van der Waals surface area contributed by atoms with Crippen molar-refractivity contribution in [2.45, 2.75) is 25.5 Å². The summed E-state index contributed by atoms with van der Waals surface area (Å²) < 4.78 is 5.48. The van der Waals surface area contributed by atoms with Gasteiger partial charge in [0.05, 0.1) is 36.3 Å². The van der Waals surface area contributed by atoms with Gasteiger partial charge in [0, 0.05) is 44.4 Å². The van der Waals surface area contributed by atoms with E-state index in [9.17, 15) is 5.11 Å². The third-order valence-electron chi connectivity index (χ3n) is 5.75. The fraction of sp³-hybridized carbons (Fsp3) is 0.455. The van der Waals surface area contributed by atoms with Gasteiger partial charge in [-0.25, -0.2) is 19.9 Å². The van der Waals surface area contributed by atoms with Gasteiger partial charge in [0.15, 0.2) is 5.82 Å². The SMILES string of the molecule is CC(O)c1cc2cnc(Nc3ccc(N4CCNCC4)cn3)nc2c(NC2CCOC2)n1. The lowest BCUT2D eigenvalue weighted by atomic mass is 10.2. The molecule has 10 heteroatoms. The Morgan fingerprint density at radius 1 is 1.19 bits per heavy atom. The van der Waals surface area contributed by atoms with Crippen LogP contribution in [0.5, 0.6) is 0 Å². The van der Waals surface area contributed by atoms with Gasteiger partial charge >= 0.3 is 0 Å². The number of aliphatic hydroxyl groups excluding tert-OH is 1. The molecule has 0 aromatic carbocycles. The van der Waals surface area contributed by atoms with E-state index >= 15 is 0 Å². The maximum Gasteiger partial charge on any atom is 0.229 e. The standard InChI is InChI=1S/C22H28N8O2/c1-14(31)18-10-15-11-25-22(29-20(15)21(27-18)26-16-4-9-32-13-16)28-19-3-2-17(12-24-19)30-7-5-23-6-8-30/h2-3,10-12,14,16,23,31H,4-9,13H2,1H3,(H,26,27)(H,24,25,28,29). The molecule has 0 bridgehead atoms.